The number of aliphatic hydroxyl groups is 1. The normalized spacial score (nSPS) is 35.9. The van der Waals surface area contributed by atoms with Crippen LogP contribution in [0.15, 0.2) is 17.6 Å². The van der Waals surface area contributed by atoms with Crippen LogP contribution >= 0.6 is 0 Å². The molecule has 0 aromatic carbocycles. The summed E-state index contributed by atoms with van der Waals surface area (Å²) in [5, 5.41) is 11.4. The number of aryl methyl sites for hydroxylation is 1. The zero-order valence-corrected chi connectivity index (χ0v) is 33.3. The quantitative estimate of drug-likeness (QED) is 0.298. The molecule has 3 fully saturated rings. The van der Waals surface area contributed by atoms with Crippen LogP contribution in [0.25, 0.3) is 0 Å². The van der Waals surface area contributed by atoms with Gasteiger partial charge >= 0.3 is 5.97 Å². The van der Waals surface area contributed by atoms with Crippen molar-refractivity contribution < 1.29 is 42.1 Å². The molecule has 1 aromatic rings. The molecule has 0 amide bonds. The minimum Gasteiger partial charge on any atom is -0.463 e. The molecule has 3 saturated heterocycles. The summed E-state index contributed by atoms with van der Waals surface area (Å²) in [5.74, 6) is -1.76. The Bertz CT molecular complexity index is 1450. The monoisotopic (exact) mass is 742 g/mol. The van der Waals surface area contributed by atoms with Crippen molar-refractivity contribution in [2.45, 2.75) is 102 Å². The maximum atomic E-state index is 14.3. The van der Waals surface area contributed by atoms with Crippen molar-refractivity contribution in [2.24, 2.45) is 24.3 Å². The molecule has 3 aliphatic rings. The molecule has 0 radical (unpaired) electrons. The van der Waals surface area contributed by atoms with Gasteiger partial charge in [-0.25, -0.2) is 13.4 Å². The van der Waals surface area contributed by atoms with Gasteiger partial charge in [0.25, 0.3) is 10.0 Å². The fourth-order valence-corrected chi connectivity index (χ4v) is 9.27. The fraction of sp³-hybridized carbons (Fsp3) is 0.857. The molecule has 0 bridgehead atoms. The van der Waals surface area contributed by atoms with Crippen LogP contribution in [0.1, 0.15) is 54.4 Å². The lowest BCUT2D eigenvalue weighted by Crippen LogP contribution is -2.59. The second-order valence-corrected chi connectivity index (χ2v) is 17.9. The van der Waals surface area contributed by atoms with Gasteiger partial charge < -0.3 is 33.5 Å². The van der Waals surface area contributed by atoms with Gasteiger partial charge in [-0.15, -0.1) is 0 Å². The molecule has 51 heavy (non-hydrogen) atoms. The highest BCUT2D eigenvalue weighted by molar-refractivity contribution is 7.89. The summed E-state index contributed by atoms with van der Waals surface area (Å²) in [6.07, 6.45) is 1.08. The summed E-state index contributed by atoms with van der Waals surface area (Å²) >= 11 is 0. The van der Waals surface area contributed by atoms with Gasteiger partial charge in [0.05, 0.1) is 30.2 Å². The Balaban J connectivity index is 1.55. The Hall–Kier alpha value is -2.02. The Morgan fingerprint density at radius 2 is 1.73 bits per heavy atom. The number of sulfonamides is 1. The van der Waals surface area contributed by atoms with E-state index in [1.54, 1.807) is 39.5 Å². The summed E-state index contributed by atoms with van der Waals surface area (Å²) < 4.78 is 54.3. The van der Waals surface area contributed by atoms with E-state index >= 15 is 0 Å². The number of methoxy groups -OCH3 is 1. The first-order valence-electron chi connectivity index (χ1n) is 18.0. The molecule has 4 rings (SSSR count). The molecule has 0 saturated carbocycles. The third kappa shape index (κ3) is 9.38. The standard InChI is InChI=1S/C35H62N6O9S/c1-23-17-35(6,47-11)31(50-32-29(42)27(37(7)8)16-24(2)49-32)25(3)30(43)34(4,5)33(44)48-21-26(39(10)18-23)19-40-12-14-41(15-13-40)51(45,46)28-20-38(9)22-36-28/h20,22-27,29,31-32,42H,12-19,21H2,1-11H3/t23-,24-,25+,26-,27+,29-,31-,32+,35-/m1/s1. The largest absolute Gasteiger partial charge is 0.463 e. The van der Waals surface area contributed by atoms with Gasteiger partial charge in [0.15, 0.2) is 17.1 Å². The second-order valence-electron chi connectivity index (χ2n) is 16.0. The highest BCUT2D eigenvalue weighted by Crippen LogP contribution is 2.38. The number of Topliss-reactive ketones (excluding diaryl/α,β-unsaturated/α-hetero) is 1. The summed E-state index contributed by atoms with van der Waals surface area (Å²) in [7, 11) is 5.43. The average molecular weight is 743 g/mol. The molecule has 0 aliphatic carbocycles. The maximum absolute atomic E-state index is 14.3. The van der Waals surface area contributed by atoms with Crippen molar-refractivity contribution in [2.75, 3.05) is 74.1 Å². The third-order valence-corrected chi connectivity index (χ3v) is 12.9. The summed E-state index contributed by atoms with van der Waals surface area (Å²) in [6, 6.07) is -0.437. The number of carbonyl (C=O) groups is 2. The third-order valence-electron chi connectivity index (χ3n) is 11.1. The number of ether oxygens (including phenoxy) is 4. The number of aromatic nitrogens is 2. The van der Waals surface area contributed by atoms with Crippen LogP contribution < -0.4 is 0 Å². The number of hydrogen-bond donors (Lipinski definition) is 1. The number of likely N-dealkylation sites (N-methyl/N-ethyl adjacent to an activating group) is 2. The van der Waals surface area contributed by atoms with Crippen molar-refractivity contribution in [3.05, 3.63) is 12.5 Å². The molecule has 9 atom stereocenters. The highest BCUT2D eigenvalue weighted by Gasteiger charge is 2.51. The van der Waals surface area contributed by atoms with Crippen LogP contribution in [0.2, 0.25) is 0 Å². The molecule has 1 N–H and O–H groups in total. The van der Waals surface area contributed by atoms with E-state index in [4.69, 9.17) is 18.9 Å². The van der Waals surface area contributed by atoms with Crippen molar-refractivity contribution in [3.63, 3.8) is 0 Å². The lowest BCUT2D eigenvalue weighted by molar-refractivity contribution is -0.295. The van der Waals surface area contributed by atoms with Gasteiger partial charge in [-0.1, -0.05) is 13.8 Å². The second kappa shape index (κ2) is 16.6. The SMILES string of the molecule is CO[C@]1(C)C[C@@H](C)CN(C)[C@H](CN2CCN(S(=O)(=O)c3cn(C)cn3)CC2)COC(=O)C(C)(C)C(=O)[C@H](C)[C@H]1O[C@@H]1O[C@H](C)C[C@H](N(C)C)[C@H]1O. The Kier molecular flexibility index (Phi) is 13.5. The average Bonchev–Trinajstić information content (AvgIpc) is 3.52. The lowest BCUT2D eigenvalue weighted by atomic mass is 9.74. The predicted molar refractivity (Wildman–Crippen MR) is 190 cm³/mol. The van der Waals surface area contributed by atoms with Gasteiger partial charge in [-0.05, 0) is 67.6 Å². The number of ketones is 1. The molecule has 0 spiro atoms. The smallest absolute Gasteiger partial charge is 0.319 e. The molecule has 292 valence electrons. The first-order chi connectivity index (χ1) is 23.7. The van der Waals surface area contributed by atoms with Crippen molar-refractivity contribution in [1.29, 1.82) is 0 Å². The number of cyclic esters (lactones) is 1. The molecule has 0 unspecified atom stereocenters. The van der Waals surface area contributed by atoms with E-state index in [0.717, 1.165) is 0 Å². The lowest BCUT2D eigenvalue weighted by Gasteiger charge is -2.47. The van der Waals surface area contributed by atoms with Crippen molar-refractivity contribution in [3.8, 4) is 0 Å². The summed E-state index contributed by atoms with van der Waals surface area (Å²) in [6.45, 7) is 13.7. The van der Waals surface area contributed by atoms with Crippen LogP contribution in [0.5, 0.6) is 0 Å². The van der Waals surface area contributed by atoms with Crippen LogP contribution in [-0.4, -0.2) is 170 Å². The van der Waals surface area contributed by atoms with Gasteiger partial charge in [0, 0.05) is 71.6 Å². The Labute approximate surface area is 304 Å². The molecular weight excluding hydrogens is 680 g/mol. The van der Waals surface area contributed by atoms with Crippen LogP contribution in [0, 0.1) is 17.3 Å². The number of rotatable bonds is 8. The summed E-state index contributed by atoms with van der Waals surface area (Å²) in [4.78, 5) is 38.4. The van der Waals surface area contributed by atoms with E-state index in [1.165, 1.54) is 16.8 Å². The molecule has 3 aliphatic heterocycles. The van der Waals surface area contributed by atoms with E-state index in [0.29, 0.717) is 52.1 Å². The molecule has 1 aromatic heterocycles. The molecule has 16 heteroatoms. The number of esters is 1. The van der Waals surface area contributed by atoms with E-state index in [-0.39, 0.29) is 41.5 Å². The van der Waals surface area contributed by atoms with E-state index in [2.05, 4.69) is 21.7 Å². The number of hydrogen-bond acceptors (Lipinski definition) is 13. The first-order valence-corrected chi connectivity index (χ1v) is 19.5. The molecule has 15 nitrogen and oxygen atoms in total. The van der Waals surface area contributed by atoms with Crippen molar-refractivity contribution >= 4 is 21.8 Å². The Morgan fingerprint density at radius 3 is 2.29 bits per heavy atom. The molecule has 4 heterocycles. The topological polar surface area (TPSA) is 156 Å². The van der Waals surface area contributed by atoms with Gasteiger partial charge in [0.2, 0.25) is 0 Å². The first kappa shape index (κ1) is 41.7. The van der Waals surface area contributed by atoms with Crippen LogP contribution in [-0.2, 0) is 45.6 Å². The minimum atomic E-state index is -3.70. The number of imidazole rings is 1. The number of carbonyl (C=O) groups excluding carboxylic acids is 2. The summed E-state index contributed by atoms with van der Waals surface area (Å²) in [5.41, 5.74) is -2.50. The minimum absolute atomic E-state index is 0.0336. The predicted octanol–water partition coefficient (Wildman–Crippen LogP) is 1.06. The Morgan fingerprint density at radius 1 is 1.08 bits per heavy atom. The van der Waals surface area contributed by atoms with Gasteiger partial charge in [-0.2, -0.15) is 4.31 Å². The van der Waals surface area contributed by atoms with Crippen LogP contribution in [0.3, 0.4) is 0 Å². The highest BCUT2D eigenvalue weighted by atomic mass is 32.2. The van der Waals surface area contributed by atoms with E-state index in [1.807, 2.05) is 39.9 Å². The zero-order valence-electron chi connectivity index (χ0n) is 32.4. The number of nitrogens with zero attached hydrogens (tertiary/aromatic N) is 6. The number of piperazine rings is 1. The number of aliphatic hydroxyl groups excluding tert-OH is 1. The molecular formula is C35H62N6O9S. The van der Waals surface area contributed by atoms with Gasteiger partial charge in [0.1, 0.15) is 18.1 Å². The van der Waals surface area contributed by atoms with Gasteiger partial charge in [-0.3, -0.25) is 19.4 Å². The maximum Gasteiger partial charge on any atom is 0.319 e. The van der Waals surface area contributed by atoms with E-state index < -0.39 is 51.4 Å². The van der Waals surface area contributed by atoms with E-state index in [9.17, 15) is 23.1 Å². The fourth-order valence-electron chi connectivity index (χ4n) is 7.89. The zero-order chi connectivity index (χ0) is 38.1. The van der Waals surface area contributed by atoms with Crippen molar-refractivity contribution in [1.82, 2.24) is 28.6 Å². The van der Waals surface area contributed by atoms with Crippen LogP contribution in [0.4, 0.5) is 0 Å².